The average molecular weight is 440 g/mol. The van der Waals surface area contributed by atoms with E-state index < -0.39 is 11.6 Å². The summed E-state index contributed by atoms with van der Waals surface area (Å²) in [6, 6.07) is 4.49. The lowest BCUT2D eigenvalue weighted by Crippen LogP contribution is -2.59. The number of aromatic nitrogens is 3. The van der Waals surface area contributed by atoms with E-state index in [2.05, 4.69) is 19.8 Å². The van der Waals surface area contributed by atoms with Crippen LogP contribution in [-0.4, -0.2) is 45.5 Å². The van der Waals surface area contributed by atoms with Gasteiger partial charge < -0.3 is 9.32 Å². The molecule has 0 N–H and O–H groups in total. The fourth-order valence-corrected chi connectivity index (χ4v) is 6.34. The second-order valence-electron chi connectivity index (χ2n) is 9.66. The van der Waals surface area contributed by atoms with Gasteiger partial charge in [0.2, 0.25) is 0 Å². The number of halogens is 2. The lowest BCUT2D eigenvalue weighted by atomic mass is 9.74. The molecule has 1 aromatic carbocycles. The molecule has 168 valence electrons. The molecule has 3 aliphatic rings. The van der Waals surface area contributed by atoms with Crippen LogP contribution >= 0.6 is 0 Å². The summed E-state index contributed by atoms with van der Waals surface area (Å²) >= 11 is 0. The van der Waals surface area contributed by atoms with E-state index in [1.807, 2.05) is 13.8 Å². The van der Waals surface area contributed by atoms with Gasteiger partial charge in [-0.15, -0.1) is 0 Å². The zero-order chi connectivity index (χ0) is 22.0. The maximum atomic E-state index is 13.9. The summed E-state index contributed by atoms with van der Waals surface area (Å²) in [6.45, 7) is 6.45. The van der Waals surface area contributed by atoms with Crippen molar-refractivity contribution in [3.05, 3.63) is 47.1 Å². The van der Waals surface area contributed by atoms with Crippen molar-refractivity contribution in [3.63, 3.8) is 0 Å². The largest absolute Gasteiger partial charge is 0.422 e. The van der Waals surface area contributed by atoms with Crippen LogP contribution in [0.5, 0.6) is 0 Å². The summed E-state index contributed by atoms with van der Waals surface area (Å²) in [4.78, 5) is 18.6. The van der Waals surface area contributed by atoms with Crippen molar-refractivity contribution in [1.82, 2.24) is 19.9 Å². The number of piperidine rings is 3. The molecule has 6 nitrogen and oxygen atoms in total. The Hall–Kier alpha value is -2.61. The molecule has 0 amide bonds. The van der Waals surface area contributed by atoms with Crippen molar-refractivity contribution in [1.29, 1.82) is 0 Å². The van der Waals surface area contributed by atoms with Crippen molar-refractivity contribution in [2.24, 2.45) is 11.8 Å². The first-order valence-corrected chi connectivity index (χ1v) is 11.5. The first kappa shape index (κ1) is 20.0. The third kappa shape index (κ3) is 3.36. The van der Waals surface area contributed by atoms with E-state index in [1.54, 1.807) is 0 Å². The van der Waals surface area contributed by atoms with E-state index in [-0.39, 0.29) is 6.04 Å². The van der Waals surface area contributed by atoms with Crippen LogP contribution in [0.4, 0.5) is 14.6 Å². The van der Waals surface area contributed by atoms with E-state index >= 15 is 0 Å². The molecule has 2 bridgehead atoms. The second-order valence-corrected chi connectivity index (χ2v) is 9.66. The van der Waals surface area contributed by atoms with Crippen LogP contribution in [0.2, 0.25) is 0 Å². The van der Waals surface area contributed by atoms with Gasteiger partial charge in [-0.1, -0.05) is 0 Å². The molecule has 3 aromatic rings. The van der Waals surface area contributed by atoms with E-state index in [0.29, 0.717) is 35.3 Å². The summed E-state index contributed by atoms with van der Waals surface area (Å²) in [6.07, 6.45) is 4.34. The van der Waals surface area contributed by atoms with Crippen molar-refractivity contribution < 1.29 is 13.2 Å². The number of rotatable bonds is 2. The van der Waals surface area contributed by atoms with Crippen molar-refractivity contribution in [2.45, 2.75) is 51.6 Å². The molecule has 6 rings (SSSR count). The van der Waals surface area contributed by atoms with Gasteiger partial charge in [0.25, 0.3) is 5.71 Å². The molecular formula is C24H27F2N5O. The van der Waals surface area contributed by atoms with Gasteiger partial charge in [0.05, 0.1) is 0 Å². The molecule has 3 saturated heterocycles. The normalized spacial score (nSPS) is 28.2. The molecule has 0 radical (unpaired) electrons. The molecule has 5 heterocycles. The van der Waals surface area contributed by atoms with Crippen LogP contribution in [0.25, 0.3) is 11.2 Å². The van der Waals surface area contributed by atoms with Gasteiger partial charge in [0.15, 0.2) is 17.2 Å². The minimum atomic E-state index is -0.489. The number of fused-ring (bicyclic) bond motifs is 5. The number of hydrogen-bond acceptors (Lipinski definition) is 6. The van der Waals surface area contributed by atoms with Gasteiger partial charge in [-0.3, -0.25) is 4.90 Å². The third-order valence-electron chi connectivity index (χ3n) is 7.41. The Morgan fingerprint density at radius 2 is 1.78 bits per heavy atom. The van der Waals surface area contributed by atoms with Crippen LogP contribution < -0.4 is 4.90 Å². The predicted octanol–water partition coefficient (Wildman–Crippen LogP) is 4.56. The third-order valence-corrected chi connectivity index (χ3v) is 7.41. The number of benzene rings is 1. The minimum Gasteiger partial charge on any atom is -0.422 e. The quantitative estimate of drug-likeness (QED) is 0.583. The highest BCUT2D eigenvalue weighted by Gasteiger charge is 2.45. The average Bonchev–Trinajstić information content (AvgIpc) is 3.11. The number of hydrogen-bond donors (Lipinski definition) is 0. The molecule has 0 aliphatic carbocycles. The van der Waals surface area contributed by atoms with Crippen molar-refractivity contribution >= 4 is 17.0 Å². The number of aryl methyl sites for hydroxylation is 2. The molecule has 3 fully saturated rings. The number of anilines is 1. The molecule has 3 aliphatic heterocycles. The SMILES string of the molecule is Cc1nc(N2C[C@@H]3C[C@H](C2)[C@@H]2CCC[C@H](c4cc(F)cc(F)c4)N2C3)c2nc(C)oc2n1. The van der Waals surface area contributed by atoms with Crippen LogP contribution in [0, 0.1) is 37.3 Å². The fourth-order valence-electron chi connectivity index (χ4n) is 6.34. The molecule has 0 spiro atoms. The Morgan fingerprint density at radius 3 is 2.59 bits per heavy atom. The number of oxazole rings is 1. The highest BCUT2D eigenvalue weighted by atomic mass is 19.1. The zero-order valence-corrected chi connectivity index (χ0v) is 18.4. The topological polar surface area (TPSA) is 58.3 Å². The van der Waals surface area contributed by atoms with Gasteiger partial charge in [0, 0.05) is 44.7 Å². The summed E-state index contributed by atoms with van der Waals surface area (Å²) in [5, 5.41) is 0. The summed E-state index contributed by atoms with van der Waals surface area (Å²) in [5.41, 5.74) is 2.06. The van der Waals surface area contributed by atoms with E-state index in [0.717, 1.165) is 61.9 Å². The Kier molecular flexibility index (Phi) is 4.68. The first-order chi connectivity index (χ1) is 15.4. The van der Waals surface area contributed by atoms with E-state index in [1.165, 1.54) is 18.6 Å². The monoisotopic (exact) mass is 439 g/mol. The maximum absolute atomic E-state index is 13.9. The molecule has 0 unspecified atom stereocenters. The molecule has 8 heteroatoms. The van der Waals surface area contributed by atoms with Gasteiger partial charge >= 0.3 is 0 Å². The second kappa shape index (κ2) is 7.47. The maximum Gasteiger partial charge on any atom is 0.252 e. The molecule has 2 aromatic heterocycles. The lowest BCUT2D eigenvalue weighted by molar-refractivity contribution is -0.0202. The Morgan fingerprint density at radius 1 is 0.969 bits per heavy atom. The van der Waals surface area contributed by atoms with Crippen LogP contribution in [-0.2, 0) is 0 Å². The van der Waals surface area contributed by atoms with Gasteiger partial charge in [-0.25, -0.2) is 18.7 Å². The smallest absolute Gasteiger partial charge is 0.252 e. The molecule has 32 heavy (non-hydrogen) atoms. The van der Waals surface area contributed by atoms with Crippen LogP contribution in [0.3, 0.4) is 0 Å². The van der Waals surface area contributed by atoms with E-state index in [4.69, 9.17) is 9.40 Å². The Labute approximate surface area is 185 Å². The predicted molar refractivity (Wildman–Crippen MR) is 116 cm³/mol. The fraction of sp³-hybridized carbons (Fsp3) is 0.542. The first-order valence-electron chi connectivity index (χ1n) is 11.5. The summed E-state index contributed by atoms with van der Waals surface area (Å²) < 4.78 is 33.6. The van der Waals surface area contributed by atoms with Crippen molar-refractivity contribution in [3.8, 4) is 0 Å². The van der Waals surface area contributed by atoms with Gasteiger partial charge in [-0.2, -0.15) is 4.98 Å². The Balaban J connectivity index is 1.31. The Bertz CT molecular complexity index is 1160. The summed E-state index contributed by atoms with van der Waals surface area (Å²) in [7, 11) is 0. The number of nitrogens with zero attached hydrogens (tertiary/aromatic N) is 5. The lowest BCUT2D eigenvalue weighted by Gasteiger charge is -2.55. The minimum absolute atomic E-state index is 0.0852. The molecule has 0 saturated carbocycles. The van der Waals surface area contributed by atoms with Crippen LogP contribution in [0.15, 0.2) is 22.6 Å². The summed E-state index contributed by atoms with van der Waals surface area (Å²) in [5.74, 6) is 2.14. The molecule has 4 atom stereocenters. The highest BCUT2D eigenvalue weighted by Crippen LogP contribution is 2.45. The van der Waals surface area contributed by atoms with Gasteiger partial charge in [0.1, 0.15) is 17.5 Å². The van der Waals surface area contributed by atoms with E-state index in [9.17, 15) is 8.78 Å². The zero-order valence-electron chi connectivity index (χ0n) is 18.4. The van der Waals surface area contributed by atoms with Gasteiger partial charge in [-0.05, 0) is 62.1 Å². The highest BCUT2D eigenvalue weighted by molar-refractivity contribution is 5.82. The standard InChI is InChI=1S/C24H27F2N5O/c1-13-27-23(22-24(28-13)32-14(2)29-22)30-10-15-6-17(12-30)21-5-3-4-20(31(21)11-15)16-7-18(25)9-19(26)8-16/h7-9,15,17,20-21H,3-6,10-12H2,1-2H3/t15-,17+,20+,21-/m0/s1. The van der Waals surface area contributed by atoms with Crippen molar-refractivity contribution in [2.75, 3.05) is 24.5 Å². The van der Waals surface area contributed by atoms with Crippen LogP contribution in [0.1, 0.15) is 49.0 Å². The molecular weight excluding hydrogens is 412 g/mol.